The van der Waals surface area contributed by atoms with Crippen LogP contribution in [0, 0.1) is 19.7 Å². The number of benzene rings is 1. The number of aromatic nitrogens is 1. The first kappa shape index (κ1) is 16.2. The summed E-state index contributed by atoms with van der Waals surface area (Å²) in [5.74, 6) is 0.894. The maximum atomic E-state index is 13.2. The number of halogens is 1. The maximum Gasteiger partial charge on any atom is 0.267 e. The highest BCUT2D eigenvalue weighted by Gasteiger charge is 2.19. The fourth-order valence-corrected chi connectivity index (χ4v) is 3.13. The maximum absolute atomic E-state index is 13.2. The van der Waals surface area contributed by atoms with Crippen LogP contribution >= 0.6 is 11.3 Å². The molecule has 0 fully saturated rings. The molecule has 0 spiro atoms. The molecule has 1 aromatic carbocycles. The molecule has 124 valence electrons. The Bertz CT molecular complexity index is 901. The van der Waals surface area contributed by atoms with Gasteiger partial charge in [0.2, 0.25) is 0 Å². The molecule has 0 aliphatic heterocycles. The highest BCUT2D eigenvalue weighted by atomic mass is 32.1. The summed E-state index contributed by atoms with van der Waals surface area (Å²) in [5, 5.41) is 3.36. The second kappa shape index (κ2) is 6.45. The molecule has 1 amide bonds. The molecule has 2 aromatic heterocycles. The van der Waals surface area contributed by atoms with Crippen molar-refractivity contribution in [3.05, 3.63) is 52.5 Å². The third kappa shape index (κ3) is 3.16. The zero-order valence-corrected chi connectivity index (χ0v) is 14.2. The van der Waals surface area contributed by atoms with Crippen LogP contribution in [0.5, 0.6) is 5.75 Å². The number of hydrogen-bond donors (Lipinski definition) is 1. The molecule has 0 atom stereocenters. The second-order valence-corrected chi connectivity index (χ2v) is 6.14. The lowest BCUT2D eigenvalue weighted by atomic mass is 10.2. The highest BCUT2D eigenvalue weighted by Crippen LogP contribution is 2.31. The van der Waals surface area contributed by atoms with Crippen molar-refractivity contribution in [2.24, 2.45) is 0 Å². The Labute approximate surface area is 142 Å². The standard InChI is InChI=1S/C17H15FN2O3S/c1-9-4-7-13(23-9)17-19-10(2)15(24-17)16(21)20-12-6-5-11(18)8-14(12)22-3/h4-8H,1-3H3,(H,20,21). The van der Waals surface area contributed by atoms with Crippen molar-refractivity contribution < 1.29 is 18.3 Å². The third-order valence-corrected chi connectivity index (χ3v) is 4.54. The number of anilines is 1. The molecule has 0 aliphatic carbocycles. The molecular weight excluding hydrogens is 331 g/mol. The number of carbonyl (C=O) groups is 1. The van der Waals surface area contributed by atoms with Crippen LogP contribution < -0.4 is 10.1 Å². The number of methoxy groups -OCH3 is 1. The lowest BCUT2D eigenvalue weighted by molar-refractivity contribution is 0.102. The van der Waals surface area contributed by atoms with Crippen LogP contribution in [0.15, 0.2) is 34.7 Å². The summed E-state index contributed by atoms with van der Waals surface area (Å²) in [6, 6.07) is 7.59. The van der Waals surface area contributed by atoms with E-state index in [0.717, 1.165) is 5.76 Å². The van der Waals surface area contributed by atoms with E-state index in [4.69, 9.17) is 9.15 Å². The molecule has 7 heteroatoms. The smallest absolute Gasteiger partial charge is 0.267 e. The molecule has 1 N–H and O–H groups in total. The van der Waals surface area contributed by atoms with Gasteiger partial charge in [-0.1, -0.05) is 0 Å². The first-order valence-corrected chi connectivity index (χ1v) is 7.98. The van der Waals surface area contributed by atoms with Crippen molar-refractivity contribution in [1.82, 2.24) is 4.98 Å². The molecule has 2 heterocycles. The minimum absolute atomic E-state index is 0.257. The number of thiazole rings is 1. The number of aryl methyl sites for hydroxylation is 2. The van der Waals surface area contributed by atoms with E-state index >= 15 is 0 Å². The van der Waals surface area contributed by atoms with Gasteiger partial charge in [0.25, 0.3) is 5.91 Å². The first-order chi connectivity index (χ1) is 11.5. The molecule has 0 saturated carbocycles. The van der Waals surface area contributed by atoms with E-state index < -0.39 is 5.82 Å². The van der Waals surface area contributed by atoms with Gasteiger partial charge in [-0.25, -0.2) is 9.37 Å². The summed E-state index contributed by atoms with van der Waals surface area (Å²) in [4.78, 5) is 17.4. The Kier molecular flexibility index (Phi) is 4.35. The number of hydrogen-bond acceptors (Lipinski definition) is 5. The largest absolute Gasteiger partial charge is 0.494 e. The SMILES string of the molecule is COc1cc(F)ccc1NC(=O)c1sc(-c2ccc(C)o2)nc1C. The average Bonchev–Trinajstić information content (AvgIpc) is 3.14. The number of amides is 1. The van der Waals surface area contributed by atoms with Gasteiger partial charge in [-0.2, -0.15) is 0 Å². The number of nitrogens with zero attached hydrogens (tertiary/aromatic N) is 1. The number of rotatable bonds is 4. The quantitative estimate of drug-likeness (QED) is 0.759. The second-order valence-electron chi connectivity index (χ2n) is 5.14. The van der Waals surface area contributed by atoms with E-state index in [2.05, 4.69) is 10.3 Å². The van der Waals surface area contributed by atoms with Gasteiger partial charge in [-0.05, 0) is 38.1 Å². The summed E-state index contributed by atoms with van der Waals surface area (Å²) in [5.41, 5.74) is 0.995. The van der Waals surface area contributed by atoms with Crippen LogP contribution in [0.3, 0.4) is 0 Å². The number of carbonyl (C=O) groups excluding carboxylic acids is 1. The summed E-state index contributed by atoms with van der Waals surface area (Å²) in [6.07, 6.45) is 0. The molecule has 0 unspecified atom stereocenters. The molecule has 0 radical (unpaired) electrons. The van der Waals surface area contributed by atoms with E-state index in [0.29, 0.717) is 27.0 Å². The molecule has 24 heavy (non-hydrogen) atoms. The molecule has 0 bridgehead atoms. The monoisotopic (exact) mass is 346 g/mol. The topological polar surface area (TPSA) is 64.4 Å². The van der Waals surface area contributed by atoms with E-state index in [9.17, 15) is 9.18 Å². The van der Waals surface area contributed by atoms with E-state index in [1.165, 1.54) is 36.6 Å². The summed E-state index contributed by atoms with van der Waals surface area (Å²) in [6.45, 7) is 3.60. The van der Waals surface area contributed by atoms with Crippen molar-refractivity contribution >= 4 is 22.9 Å². The van der Waals surface area contributed by atoms with Crippen molar-refractivity contribution in [3.63, 3.8) is 0 Å². The van der Waals surface area contributed by atoms with Gasteiger partial charge in [0.05, 0.1) is 18.5 Å². The Balaban J connectivity index is 1.87. The summed E-state index contributed by atoms with van der Waals surface area (Å²) in [7, 11) is 1.42. The van der Waals surface area contributed by atoms with Gasteiger partial charge in [-0.15, -0.1) is 11.3 Å². The normalized spacial score (nSPS) is 10.7. The number of nitrogens with one attached hydrogen (secondary N) is 1. The summed E-state index contributed by atoms with van der Waals surface area (Å²) >= 11 is 1.24. The predicted octanol–water partition coefficient (Wildman–Crippen LogP) is 4.42. The van der Waals surface area contributed by atoms with Crippen LogP contribution in [0.1, 0.15) is 21.1 Å². The van der Waals surface area contributed by atoms with Crippen molar-refractivity contribution in [3.8, 4) is 16.5 Å². The number of ether oxygens (including phenoxy) is 1. The Hall–Kier alpha value is -2.67. The van der Waals surface area contributed by atoms with Crippen LogP contribution in [0.4, 0.5) is 10.1 Å². The molecular formula is C17H15FN2O3S. The zero-order chi connectivity index (χ0) is 17.3. The predicted molar refractivity (Wildman–Crippen MR) is 90.2 cm³/mol. The van der Waals surface area contributed by atoms with Crippen molar-refractivity contribution in [1.29, 1.82) is 0 Å². The van der Waals surface area contributed by atoms with Gasteiger partial charge in [0.1, 0.15) is 22.2 Å². The molecule has 0 saturated heterocycles. The Morgan fingerprint density at radius 3 is 2.75 bits per heavy atom. The lowest BCUT2D eigenvalue weighted by Crippen LogP contribution is -2.12. The number of furan rings is 1. The van der Waals surface area contributed by atoms with Gasteiger partial charge in [0, 0.05) is 6.07 Å². The fourth-order valence-electron chi connectivity index (χ4n) is 2.21. The highest BCUT2D eigenvalue weighted by molar-refractivity contribution is 7.17. The van der Waals surface area contributed by atoms with Crippen molar-refractivity contribution in [2.45, 2.75) is 13.8 Å². The van der Waals surface area contributed by atoms with Crippen LogP contribution in [-0.4, -0.2) is 18.0 Å². The zero-order valence-electron chi connectivity index (χ0n) is 13.3. The van der Waals surface area contributed by atoms with Crippen molar-refractivity contribution in [2.75, 3.05) is 12.4 Å². The third-order valence-electron chi connectivity index (χ3n) is 3.37. The molecule has 5 nitrogen and oxygen atoms in total. The van der Waals surface area contributed by atoms with E-state index in [-0.39, 0.29) is 11.7 Å². The molecule has 3 rings (SSSR count). The van der Waals surface area contributed by atoms with E-state index in [1.807, 2.05) is 19.1 Å². The van der Waals surface area contributed by atoms with Gasteiger partial charge in [-0.3, -0.25) is 4.79 Å². The Morgan fingerprint density at radius 1 is 1.29 bits per heavy atom. The molecule has 3 aromatic rings. The van der Waals surface area contributed by atoms with Gasteiger partial charge in [0.15, 0.2) is 10.8 Å². The van der Waals surface area contributed by atoms with Gasteiger partial charge < -0.3 is 14.5 Å². The summed E-state index contributed by atoms with van der Waals surface area (Å²) < 4.78 is 23.9. The first-order valence-electron chi connectivity index (χ1n) is 7.17. The van der Waals surface area contributed by atoms with Crippen LogP contribution in [0.2, 0.25) is 0 Å². The minimum atomic E-state index is -0.436. The minimum Gasteiger partial charge on any atom is -0.494 e. The fraction of sp³-hybridized carbons (Fsp3) is 0.176. The lowest BCUT2D eigenvalue weighted by Gasteiger charge is -2.09. The Morgan fingerprint density at radius 2 is 2.08 bits per heavy atom. The molecule has 0 aliphatic rings. The van der Waals surface area contributed by atoms with E-state index in [1.54, 1.807) is 6.92 Å². The average molecular weight is 346 g/mol. The van der Waals surface area contributed by atoms with Gasteiger partial charge >= 0.3 is 0 Å². The van der Waals surface area contributed by atoms with Crippen LogP contribution in [-0.2, 0) is 0 Å². The van der Waals surface area contributed by atoms with Crippen LogP contribution in [0.25, 0.3) is 10.8 Å².